The van der Waals surface area contributed by atoms with Crippen LogP contribution < -0.4 is 25.6 Å². The molecule has 1 aliphatic rings. The molecule has 2 rings (SSSR count). The highest BCUT2D eigenvalue weighted by Crippen LogP contribution is 2.22. The number of rotatable bonds is 9. The van der Waals surface area contributed by atoms with E-state index < -0.39 is 6.03 Å². The predicted octanol–water partition coefficient (Wildman–Crippen LogP) is 0.697. The van der Waals surface area contributed by atoms with Crippen molar-refractivity contribution >= 4 is 23.5 Å². The van der Waals surface area contributed by atoms with E-state index in [1.54, 1.807) is 19.2 Å². The smallest absolute Gasteiger partial charge is 0.321 e. The fourth-order valence-electron chi connectivity index (χ4n) is 3.45. The van der Waals surface area contributed by atoms with E-state index in [0.29, 0.717) is 18.0 Å². The van der Waals surface area contributed by atoms with E-state index in [0.717, 1.165) is 37.0 Å². The number of amides is 4. The fourth-order valence-corrected chi connectivity index (χ4v) is 3.45. The van der Waals surface area contributed by atoms with E-state index in [2.05, 4.69) is 16.0 Å². The van der Waals surface area contributed by atoms with Gasteiger partial charge in [0.05, 0.1) is 19.3 Å². The van der Waals surface area contributed by atoms with Gasteiger partial charge in [0.2, 0.25) is 0 Å². The van der Waals surface area contributed by atoms with Crippen LogP contribution in [0.5, 0.6) is 5.75 Å². The lowest BCUT2D eigenvalue weighted by Crippen LogP contribution is -3.14. The summed E-state index contributed by atoms with van der Waals surface area (Å²) in [5.74, 6) is -0.0191. The Labute approximate surface area is 166 Å². The molecule has 0 aromatic heterocycles. The average molecular weight is 391 g/mol. The van der Waals surface area contributed by atoms with Crippen LogP contribution in [0.4, 0.5) is 10.5 Å². The summed E-state index contributed by atoms with van der Waals surface area (Å²) in [7, 11) is 1.54. The molecular formula is C20H31N4O4+. The Kier molecular flexibility index (Phi) is 8.74. The molecule has 4 N–H and O–H groups in total. The molecular weight excluding hydrogens is 360 g/mol. The molecule has 1 fully saturated rings. The van der Waals surface area contributed by atoms with Gasteiger partial charge in [-0.25, -0.2) is 4.79 Å². The molecule has 8 nitrogen and oxygen atoms in total. The first-order chi connectivity index (χ1) is 13.5. The topological polar surface area (TPSA) is 101 Å². The molecule has 8 heteroatoms. The van der Waals surface area contributed by atoms with Crippen molar-refractivity contribution in [2.24, 2.45) is 0 Å². The van der Waals surface area contributed by atoms with Crippen LogP contribution in [0.1, 0.15) is 39.0 Å². The molecule has 0 spiro atoms. The Bertz CT molecular complexity index is 674. The Balaban J connectivity index is 1.83. The summed E-state index contributed by atoms with van der Waals surface area (Å²) in [6, 6.07) is 6.86. The minimum atomic E-state index is -0.453. The molecule has 1 aromatic carbocycles. The normalized spacial score (nSPS) is 14.9. The number of hydrogen-bond donors (Lipinski definition) is 4. The molecule has 154 valence electrons. The SMILES string of the molecule is CCC[NH+](CC(=O)NC(=O)NC1CCCC1)CC(=O)Nc1ccccc1OC. The van der Waals surface area contributed by atoms with Crippen molar-refractivity contribution in [3.8, 4) is 5.75 Å². The molecule has 0 radical (unpaired) electrons. The summed E-state index contributed by atoms with van der Waals surface area (Å²) in [5.41, 5.74) is 0.589. The number of quaternary nitrogens is 1. The second-order valence-electron chi connectivity index (χ2n) is 7.11. The predicted molar refractivity (Wildman–Crippen MR) is 106 cm³/mol. The summed E-state index contributed by atoms with van der Waals surface area (Å²) < 4.78 is 5.23. The third kappa shape index (κ3) is 7.19. The minimum Gasteiger partial charge on any atom is -0.495 e. The van der Waals surface area contributed by atoms with E-state index in [1.165, 1.54) is 0 Å². The number of urea groups is 1. The van der Waals surface area contributed by atoms with Crippen LogP contribution >= 0.6 is 0 Å². The second-order valence-corrected chi connectivity index (χ2v) is 7.11. The summed E-state index contributed by atoms with van der Waals surface area (Å²) in [4.78, 5) is 37.3. The van der Waals surface area contributed by atoms with Crippen molar-refractivity contribution in [2.75, 3.05) is 32.1 Å². The molecule has 1 aliphatic carbocycles. The maximum Gasteiger partial charge on any atom is 0.321 e. The summed E-state index contributed by atoms with van der Waals surface area (Å²) in [6.07, 6.45) is 4.94. The van der Waals surface area contributed by atoms with Crippen LogP contribution in [0.25, 0.3) is 0 Å². The molecule has 4 amide bonds. The molecule has 1 saturated carbocycles. The van der Waals surface area contributed by atoms with Crippen molar-refractivity contribution in [2.45, 2.75) is 45.1 Å². The summed E-state index contributed by atoms with van der Waals surface area (Å²) in [5, 5.41) is 8.02. The number of hydrogen-bond acceptors (Lipinski definition) is 4. The zero-order valence-electron chi connectivity index (χ0n) is 16.7. The van der Waals surface area contributed by atoms with Crippen LogP contribution in [0.2, 0.25) is 0 Å². The van der Waals surface area contributed by atoms with Gasteiger partial charge in [0.1, 0.15) is 5.75 Å². The number of methoxy groups -OCH3 is 1. The zero-order valence-corrected chi connectivity index (χ0v) is 16.7. The van der Waals surface area contributed by atoms with Gasteiger partial charge in [-0.15, -0.1) is 0 Å². The van der Waals surface area contributed by atoms with Crippen LogP contribution in [-0.4, -0.2) is 50.6 Å². The van der Waals surface area contributed by atoms with Gasteiger partial charge < -0.3 is 20.3 Å². The van der Waals surface area contributed by atoms with Gasteiger partial charge in [-0.05, 0) is 31.4 Å². The molecule has 0 aliphatic heterocycles. The Hall–Kier alpha value is -2.61. The summed E-state index contributed by atoms with van der Waals surface area (Å²) >= 11 is 0. The Morgan fingerprint density at radius 1 is 1.11 bits per heavy atom. The number of ether oxygens (including phenoxy) is 1. The van der Waals surface area contributed by atoms with Crippen LogP contribution in [-0.2, 0) is 9.59 Å². The first-order valence-electron chi connectivity index (χ1n) is 9.88. The lowest BCUT2D eigenvalue weighted by atomic mass is 10.2. The van der Waals surface area contributed by atoms with E-state index in [1.807, 2.05) is 19.1 Å². The van der Waals surface area contributed by atoms with E-state index in [4.69, 9.17) is 4.74 Å². The third-order valence-electron chi connectivity index (χ3n) is 4.75. The van der Waals surface area contributed by atoms with E-state index in [9.17, 15) is 14.4 Å². The molecule has 0 saturated heterocycles. The molecule has 1 atom stereocenters. The quantitative estimate of drug-likeness (QED) is 0.498. The zero-order chi connectivity index (χ0) is 20.4. The minimum absolute atomic E-state index is 0.0608. The maximum atomic E-state index is 12.4. The number of carbonyl (C=O) groups excluding carboxylic acids is 3. The van der Waals surface area contributed by atoms with Crippen molar-refractivity contribution < 1.29 is 24.0 Å². The van der Waals surface area contributed by atoms with Crippen molar-refractivity contribution in [3.05, 3.63) is 24.3 Å². The monoisotopic (exact) mass is 391 g/mol. The van der Waals surface area contributed by atoms with Gasteiger partial charge in [0, 0.05) is 6.04 Å². The van der Waals surface area contributed by atoms with Crippen LogP contribution in [0, 0.1) is 0 Å². The van der Waals surface area contributed by atoms with Crippen molar-refractivity contribution in [3.63, 3.8) is 0 Å². The van der Waals surface area contributed by atoms with Gasteiger partial charge in [-0.3, -0.25) is 14.9 Å². The van der Waals surface area contributed by atoms with E-state index >= 15 is 0 Å². The molecule has 1 aromatic rings. The summed E-state index contributed by atoms with van der Waals surface area (Å²) in [6.45, 7) is 2.83. The third-order valence-corrected chi connectivity index (χ3v) is 4.75. The number of benzene rings is 1. The first kappa shape index (κ1) is 21.7. The fraction of sp³-hybridized carbons (Fsp3) is 0.550. The average Bonchev–Trinajstić information content (AvgIpc) is 3.14. The lowest BCUT2D eigenvalue weighted by Gasteiger charge is -2.19. The number of carbonyl (C=O) groups is 3. The van der Waals surface area contributed by atoms with Gasteiger partial charge in [0.15, 0.2) is 13.1 Å². The van der Waals surface area contributed by atoms with Gasteiger partial charge in [0.25, 0.3) is 11.8 Å². The maximum absolute atomic E-state index is 12.4. The van der Waals surface area contributed by atoms with Gasteiger partial charge in [-0.2, -0.15) is 0 Å². The first-order valence-corrected chi connectivity index (χ1v) is 9.88. The molecule has 1 unspecified atom stereocenters. The molecule has 0 bridgehead atoms. The Morgan fingerprint density at radius 3 is 2.46 bits per heavy atom. The second kappa shape index (κ2) is 11.3. The highest BCUT2D eigenvalue weighted by molar-refractivity contribution is 5.95. The van der Waals surface area contributed by atoms with Crippen molar-refractivity contribution in [1.82, 2.24) is 10.6 Å². The highest BCUT2D eigenvalue weighted by atomic mass is 16.5. The van der Waals surface area contributed by atoms with Gasteiger partial charge >= 0.3 is 6.03 Å². The lowest BCUT2D eigenvalue weighted by molar-refractivity contribution is -0.883. The molecule has 0 heterocycles. The number of para-hydroxylation sites is 2. The number of nitrogens with one attached hydrogen (secondary N) is 4. The largest absolute Gasteiger partial charge is 0.495 e. The highest BCUT2D eigenvalue weighted by Gasteiger charge is 2.22. The van der Waals surface area contributed by atoms with Crippen LogP contribution in [0.3, 0.4) is 0 Å². The number of imide groups is 1. The Morgan fingerprint density at radius 2 is 1.79 bits per heavy atom. The van der Waals surface area contributed by atoms with Crippen LogP contribution in [0.15, 0.2) is 24.3 Å². The standard InChI is InChI=1S/C20H30N4O4/c1-3-12-24(13-18(25)22-16-10-6-7-11-17(16)28-2)14-19(26)23-20(27)21-15-8-4-5-9-15/h6-7,10-11,15H,3-5,8-9,12-14H2,1-2H3,(H,22,25)(H2,21,23,26,27)/p+1. The molecule has 28 heavy (non-hydrogen) atoms. The van der Waals surface area contributed by atoms with E-state index in [-0.39, 0.29) is 30.9 Å². The van der Waals surface area contributed by atoms with Crippen molar-refractivity contribution in [1.29, 1.82) is 0 Å². The van der Waals surface area contributed by atoms with Gasteiger partial charge in [-0.1, -0.05) is 31.9 Å². The number of anilines is 1.